The first-order valence-electron chi connectivity index (χ1n) is 5.59. The van der Waals surface area contributed by atoms with Crippen LogP contribution in [0.2, 0.25) is 5.02 Å². The summed E-state index contributed by atoms with van der Waals surface area (Å²) in [6.07, 6.45) is 0.433. The van der Waals surface area contributed by atoms with E-state index in [-0.39, 0.29) is 23.9 Å². The Kier molecular flexibility index (Phi) is 3.88. The molecule has 0 saturated carbocycles. The Morgan fingerprint density at radius 2 is 2.37 bits per heavy atom. The molecule has 1 unspecified atom stereocenters. The van der Waals surface area contributed by atoms with Crippen LogP contribution >= 0.6 is 11.6 Å². The summed E-state index contributed by atoms with van der Waals surface area (Å²) in [5, 5.41) is 23.4. The fraction of sp³-hybridized carbons (Fsp3) is 0.455. The van der Waals surface area contributed by atoms with Crippen LogP contribution in [0.15, 0.2) is 12.1 Å². The highest BCUT2D eigenvalue weighted by molar-refractivity contribution is 6.31. The summed E-state index contributed by atoms with van der Waals surface area (Å²) in [6, 6.07) is 1.88. The van der Waals surface area contributed by atoms with Crippen molar-refractivity contribution in [3.05, 3.63) is 33.1 Å². The average molecular weight is 291 g/mol. The molecule has 1 aromatic rings. The fourth-order valence-electron chi connectivity index (χ4n) is 1.82. The molecule has 1 aliphatic heterocycles. The van der Waals surface area contributed by atoms with Crippen LogP contribution in [0.3, 0.4) is 0 Å². The Hall–Kier alpha value is -1.44. The van der Waals surface area contributed by atoms with Crippen molar-refractivity contribution in [3.63, 3.8) is 0 Å². The lowest BCUT2D eigenvalue weighted by molar-refractivity contribution is -0.384. The van der Waals surface area contributed by atoms with E-state index < -0.39 is 22.0 Å². The third-order valence-corrected chi connectivity index (χ3v) is 3.22. The largest absolute Gasteiger partial charge is 0.386 e. The molecule has 1 heterocycles. The van der Waals surface area contributed by atoms with Crippen molar-refractivity contribution in [1.82, 2.24) is 0 Å². The number of benzene rings is 1. The summed E-state index contributed by atoms with van der Waals surface area (Å²) in [5.74, 6) is -0.859. The van der Waals surface area contributed by atoms with Crippen LogP contribution < -0.4 is 5.32 Å². The van der Waals surface area contributed by atoms with Crippen molar-refractivity contribution in [1.29, 1.82) is 0 Å². The number of nitrogens with one attached hydrogen (secondary N) is 1. The number of nitro benzene ring substituents is 1. The molecule has 0 radical (unpaired) electrons. The van der Waals surface area contributed by atoms with Gasteiger partial charge in [0, 0.05) is 19.6 Å². The maximum absolute atomic E-state index is 13.2. The summed E-state index contributed by atoms with van der Waals surface area (Å²) < 4.78 is 18.3. The number of nitro groups is 1. The molecule has 0 aliphatic carbocycles. The third-order valence-electron chi connectivity index (χ3n) is 2.93. The van der Waals surface area contributed by atoms with E-state index in [0.717, 1.165) is 12.1 Å². The number of ether oxygens (including phenoxy) is 1. The van der Waals surface area contributed by atoms with E-state index in [4.69, 9.17) is 16.3 Å². The molecule has 1 aromatic carbocycles. The predicted molar refractivity (Wildman–Crippen MR) is 66.9 cm³/mol. The van der Waals surface area contributed by atoms with Crippen molar-refractivity contribution in [2.75, 3.05) is 25.1 Å². The first-order chi connectivity index (χ1) is 8.91. The molecule has 19 heavy (non-hydrogen) atoms. The van der Waals surface area contributed by atoms with Crippen LogP contribution in [0, 0.1) is 15.9 Å². The number of halogens is 2. The number of hydrogen-bond acceptors (Lipinski definition) is 5. The van der Waals surface area contributed by atoms with Gasteiger partial charge in [0.15, 0.2) is 0 Å². The Balaban J connectivity index is 2.19. The van der Waals surface area contributed by atoms with E-state index in [1.165, 1.54) is 0 Å². The van der Waals surface area contributed by atoms with Gasteiger partial charge in [0.2, 0.25) is 0 Å². The van der Waals surface area contributed by atoms with E-state index in [1.54, 1.807) is 0 Å². The van der Waals surface area contributed by atoms with Gasteiger partial charge in [-0.1, -0.05) is 11.6 Å². The van der Waals surface area contributed by atoms with Gasteiger partial charge in [0.25, 0.3) is 5.69 Å². The number of rotatable bonds is 4. The molecule has 6 nitrogen and oxygen atoms in total. The molecule has 1 aliphatic rings. The van der Waals surface area contributed by atoms with E-state index in [9.17, 15) is 19.6 Å². The van der Waals surface area contributed by atoms with Crippen molar-refractivity contribution in [2.24, 2.45) is 0 Å². The molecule has 0 bridgehead atoms. The second kappa shape index (κ2) is 5.28. The van der Waals surface area contributed by atoms with Crippen LogP contribution in [-0.4, -0.2) is 35.4 Å². The van der Waals surface area contributed by atoms with Crippen molar-refractivity contribution < 1.29 is 19.2 Å². The van der Waals surface area contributed by atoms with Crippen molar-refractivity contribution in [2.45, 2.75) is 12.0 Å². The van der Waals surface area contributed by atoms with Gasteiger partial charge in [-0.3, -0.25) is 10.1 Å². The number of nitrogens with zero attached hydrogens (tertiary/aromatic N) is 1. The number of aliphatic hydroxyl groups is 1. The minimum absolute atomic E-state index is 0.0653. The zero-order valence-corrected chi connectivity index (χ0v) is 10.6. The Morgan fingerprint density at radius 3 is 2.95 bits per heavy atom. The smallest absolute Gasteiger partial charge is 0.295 e. The minimum Gasteiger partial charge on any atom is -0.386 e. The number of anilines is 1. The molecule has 104 valence electrons. The van der Waals surface area contributed by atoms with Gasteiger partial charge in [-0.05, 0) is 6.07 Å². The zero-order chi connectivity index (χ0) is 14.0. The maximum Gasteiger partial charge on any atom is 0.295 e. The average Bonchev–Trinajstić information content (AvgIpc) is 2.77. The molecular formula is C11H12ClFN2O4. The fourth-order valence-corrected chi connectivity index (χ4v) is 1.99. The molecule has 2 rings (SSSR count). The summed E-state index contributed by atoms with van der Waals surface area (Å²) in [6.45, 7) is 0.656. The molecule has 1 atom stereocenters. The summed E-state index contributed by atoms with van der Waals surface area (Å²) in [4.78, 5) is 10.1. The van der Waals surface area contributed by atoms with E-state index in [0.29, 0.717) is 13.0 Å². The lowest BCUT2D eigenvalue weighted by Crippen LogP contribution is -2.37. The van der Waals surface area contributed by atoms with Gasteiger partial charge in [0.1, 0.15) is 17.1 Å². The van der Waals surface area contributed by atoms with Crippen LogP contribution in [0.1, 0.15) is 6.42 Å². The highest BCUT2D eigenvalue weighted by Crippen LogP contribution is 2.31. The molecule has 0 aromatic heterocycles. The normalized spacial score (nSPS) is 22.5. The maximum atomic E-state index is 13.2. The van der Waals surface area contributed by atoms with Crippen molar-refractivity contribution in [3.8, 4) is 0 Å². The summed E-state index contributed by atoms with van der Waals surface area (Å²) in [5.41, 5.74) is -1.43. The van der Waals surface area contributed by atoms with Gasteiger partial charge in [-0.25, -0.2) is 4.39 Å². The van der Waals surface area contributed by atoms with Gasteiger partial charge in [0.05, 0.1) is 22.6 Å². The lowest BCUT2D eigenvalue weighted by atomic mass is 10.0. The van der Waals surface area contributed by atoms with Gasteiger partial charge in [-0.2, -0.15) is 0 Å². The van der Waals surface area contributed by atoms with Gasteiger partial charge < -0.3 is 15.2 Å². The SMILES string of the molecule is O=[N+]([O-])c1cc(F)c(Cl)cc1NCC1(O)CCOC1. The third kappa shape index (κ3) is 3.12. The molecule has 0 spiro atoms. The van der Waals surface area contributed by atoms with E-state index in [2.05, 4.69) is 5.32 Å². The summed E-state index contributed by atoms with van der Waals surface area (Å²) >= 11 is 5.60. The monoisotopic (exact) mass is 290 g/mol. The topological polar surface area (TPSA) is 84.6 Å². The second-order valence-corrected chi connectivity index (χ2v) is 4.83. The predicted octanol–water partition coefficient (Wildman–Crippen LogP) is 1.95. The summed E-state index contributed by atoms with van der Waals surface area (Å²) in [7, 11) is 0. The van der Waals surface area contributed by atoms with Crippen LogP contribution in [0.5, 0.6) is 0 Å². The molecule has 8 heteroatoms. The first-order valence-corrected chi connectivity index (χ1v) is 5.96. The lowest BCUT2D eigenvalue weighted by Gasteiger charge is -2.21. The molecule has 2 N–H and O–H groups in total. The Labute approximate surface area is 113 Å². The van der Waals surface area contributed by atoms with E-state index in [1.807, 2.05) is 0 Å². The van der Waals surface area contributed by atoms with Crippen molar-refractivity contribution >= 4 is 23.0 Å². The number of hydrogen-bond donors (Lipinski definition) is 2. The quantitative estimate of drug-likeness (QED) is 0.654. The van der Waals surface area contributed by atoms with Gasteiger partial charge >= 0.3 is 0 Å². The molecule has 0 amide bonds. The van der Waals surface area contributed by atoms with Crippen LogP contribution in [-0.2, 0) is 4.74 Å². The molecule has 1 saturated heterocycles. The highest BCUT2D eigenvalue weighted by Gasteiger charge is 2.32. The molecule has 1 fully saturated rings. The highest BCUT2D eigenvalue weighted by atomic mass is 35.5. The van der Waals surface area contributed by atoms with Gasteiger partial charge in [-0.15, -0.1) is 0 Å². The second-order valence-electron chi connectivity index (χ2n) is 4.42. The molecular weight excluding hydrogens is 279 g/mol. The first kappa shape index (κ1) is 14.0. The van der Waals surface area contributed by atoms with E-state index >= 15 is 0 Å². The standard InChI is InChI=1S/C11H12ClFN2O4/c12-7-3-9(10(15(17)18)4-8(7)13)14-5-11(16)1-2-19-6-11/h3-4,14,16H,1-2,5-6H2. The Morgan fingerprint density at radius 1 is 1.63 bits per heavy atom. The van der Waals surface area contributed by atoms with Crippen LogP contribution in [0.4, 0.5) is 15.8 Å². The zero-order valence-electron chi connectivity index (χ0n) is 9.86. The van der Waals surface area contributed by atoms with Crippen LogP contribution in [0.25, 0.3) is 0 Å². The Bertz CT molecular complexity index is 506. The minimum atomic E-state index is -1.07.